The maximum absolute atomic E-state index is 5.20. The van der Waals surface area contributed by atoms with Gasteiger partial charge in [0.1, 0.15) is 5.76 Å². The van der Waals surface area contributed by atoms with E-state index < -0.39 is 0 Å². The van der Waals surface area contributed by atoms with Crippen molar-refractivity contribution in [3.8, 4) is 0 Å². The highest BCUT2D eigenvalue weighted by Crippen LogP contribution is 2.19. The number of hydrogen-bond donors (Lipinski definition) is 0. The van der Waals surface area contributed by atoms with Gasteiger partial charge in [-0.2, -0.15) is 0 Å². The van der Waals surface area contributed by atoms with Gasteiger partial charge in [-0.15, -0.1) is 0 Å². The minimum Gasteiger partial charge on any atom is -0.496 e. The zero-order valence-corrected chi connectivity index (χ0v) is 6.97. The monoisotopic (exact) mass is 150 g/mol. The van der Waals surface area contributed by atoms with Gasteiger partial charge in [0.05, 0.1) is 7.11 Å². The van der Waals surface area contributed by atoms with E-state index in [0.717, 1.165) is 18.6 Å². The Morgan fingerprint density at radius 3 is 3.09 bits per heavy atom. The molecule has 0 amide bonds. The van der Waals surface area contributed by atoms with Crippen molar-refractivity contribution >= 4 is 0 Å². The molecule has 0 aromatic rings. The number of methoxy groups -OCH3 is 1. The van der Waals surface area contributed by atoms with Crippen molar-refractivity contribution in [1.82, 2.24) is 0 Å². The van der Waals surface area contributed by atoms with E-state index in [1.807, 2.05) is 12.2 Å². The molecule has 0 spiro atoms. The average Bonchev–Trinajstić information content (AvgIpc) is 2.27. The van der Waals surface area contributed by atoms with E-state index in [2.05, 4.69) is 12.7 Å². The zero-order valence-electron chi connectivity index (χ0n) is 6.97. The van der Waals surface area contributed by atoms with Gasteiger partial charge in [0.2, 0.25) is 0 Å². The fourth-order valence-electron chi connectivity index (χ4n) is 1.23. The van der Waals surface area contributed by atoms with Gasteiger partial charge >= 0.3 is 0 Å². The van der Waals surface area contributed by atoms with Crippen molar-refractivity contribution in [3.05, 3.63) is 36.1 Å². The first-order chi connectivity index (χ1) is 5.38. The van der Waals surface area contributed by atoms with E-state index in [-0.39, 0.29) is 0 Å². The molecular weight excluding hydrogens is 136 g/mol. The molecule has 1 nitrogen and oxygen atoms in total. The first-order valence-electron chi connectivity index (χ1n) is 3.94. The highest BCUT2D eigenvalue weighted by molar-refractivity contribution is 5.29. The van der Waals surface area contributed by atoms with Crippen LogP contribution in [0.5, 0.6) is 0 Å². The van der Waals surface area contributed by atoms with Gasteiger partial charge in [0, 0.05) is 0 Å². The van der Waals surface area contributed by atoms with Crippen molar-refractivity contribution in [3.63, 3.8) is 0 Å². The maximum Gasteiger partial charge on any atom is 0.121 e. The lowest BCUT2D eigenvalue weighted by molar-refractivity contribution is 0.302. The molecule has 60 valence electrons. The van der Waals surface area contributed by atoms with E-state index in [0.29, 0.717) is 0 Å². The molecule has 1 aliphatic rings. The molecule has 0 atom stereocenters. The van der Waals surface area contributed by atoms with Gasteiger partial charge in [-0.1, -0.05) is 18.7 Å². The highest BCUT2D eigenvalue weighted by atomic mass is 16.5. The Labute approximate surface area is 68.1 Å². The topological polar surface area (TPSA) is 9.23 Å². The lowest BCUT2D eigenvalue weighted by atomic mass is 10.1. The Morgan fingerprint density at radius 1 is 1.64 bits per heavy atom. The molecule has 0 N–H and O–H groups in total. The predicted molar refractivity (Wildman–Crippen MR) is 47.2 cm³/mol. The molecule has 1 aliphatic carbocycles. The molecule has 0 fully saturated rings. The molecule has 0 heterocycles. The van der Waals surface area contributed by atoms with Gasteiger partial charge < -0.3 is 4.74 Å². The number of allylic oxidation sites excluding steroid dienone is 4. The molecule has 1 heteroatoms. The first-order valence-corrected chi connectivity index (χ1v) is 3.94. The van der Waals surface area contributed by atoms with Crippen molar-refractivity contribution in [2.75, 3.05) is 7.11 Å². The highest BCUT2D eigenvalue weighted by Gasteiger charge is 2.03. The summed E-state index contributed by atoms with van der Waals surface area (Å²) in [7, 11) is 1.70. The molecule has 1 rings (SSSR count). The minimum absolute atomic E-state index is 0.970. The van der Waals surface area contributed by atoms with Crippen LogP contribution in [0.2, 0.25) is 0 Å². The molecule has 0 radical (unpaired) electrons. The number of rotatable bonds is 2. The average molecular weight is 150 g/mol. The summed E-state index contributed by atoms with van der Waals surface area (Å²) in [6, 6.07) is 0. The SMILES string of the molecule is C=CC1=C(OC)C=CCCC1. The molecule has 0 saturated carbocycles. The number of hydrogen-bond acceptors (Lipinski definition) is 1. The van der Waals surface area contributed by atoms with Gasteiger partial charge in [0.25, 0.3) is 0 Å². The Balaban J connectivity index is 2.84. The Hall–Kier alpha value is -0.980. The summed E-state index contributed by atoms with van der Waals surface area (Å²) in [6.45, 7) is 3.75. The molecular formula is C10H14O. The van der Waals surface area contributed by atoms with E-state index in [4.69, 9.17) is 4.74 Å². The largest absolute Gasteiger partial charge is 0.496 e. The van der Waals surface area contributed by atoms with Crippen LogP contribution in [0.1, 0.15) is 19.3 Å². The van der Waals surface area contributed by atoms with Crippen LogP contribution in [0.4, 0.5) is 0 Å². The quantitative estimate of drug-likeness (QED) is 0.588. The van der Waals surface area contributed by atoms with Crippen molar-refractivity contribution in [2.24, 2.45) is 0 Å². The third-order valence-corrected chi connectivity index (χ3v) is 1.87. The van der Waals surface area contributed by atoms with Crippen molar-refractivity contribution in [1.29, 1.82) is 0 Å². The lowest BCUT2D eigenvalue weighted by Gasteiger charge is -2.04. The van der Waals surface area contributed by atoms with Crippen LogP contribution >= 0.6 is 0 Å². The zero-order chi connectivity index (χ0) is 8.10. The second-order valence-electron chi connectivity index (χ2n) is 2.59. The van der Waals surface area contributed by atoms with Crippen LogP contribution in [-0.2, 0) is 4.74 Å². The molecule has 0 saturated heterocycles. The smallest absolute Gasteiger partial charge is 0.121 e. The summed E-state index contributed by atoms with van der Waals surface area (Å²) in [6.07, 6.45) is 9.49. The predicted octanol–water partition coefficient (Wildman–Crippen LogP) is 2.81. The van der Waals surface area contributed by atoms with E-state index in [1.165, 1.54) is 12.0 Å². The summed E-state index contributed by atoms with van der Waals surface area (Å²) < 4.78 is 5.20. The van der Waals surface area contributed by atoms with Crippen LogP contribution in [0.25, 0.3) is 0 Å². The number of ether oxygens (including phenoxy) is 1. The maximum atomic E-state index is 5.20. The van der Waals surface area contributed by atoms with Crippen LogP contribution in [0.3, 0.4) is 0 Å². The van der Waals surface area contributed by atoms with Crippen LogP contribution in [0.15, 0.2) is 36.1 Å². The Bertz CT molecular complexity index is 199. The fourth-order valence-corrected chi connectivity index (χ4v) is 1.23. The molecule has 0 aromatic carbocycles. The van der Waals surface area contributed by atoms with Crippen molar-refractivity contribution in [2.45, 2.75) is 19.3 Å². The summed E-state index contributed by atoms with van der Waals surface area (Å²) >= 11 is 0. The van der Waals surface area contributed by atoms with Gasteiger partial charge in [0.15, 0.2) is 0 Å². The first kappa shape index (κ1) is 8.12. The second kappa shape index (κ2) is 4.02. The summed E-state index contributed by atoms with van der Waals surface area (Å²) in [4.78, 5) is 0. The summed E-state index contributed by atoms with van der Waals surface area (Å²) in [5.74, 6) is 0.970. The van der Waals surface area contributed by atoms with Crippen LogP contribution < -0.4 is 0 Å². The molecule has 0 aromatic heterocycles. The standard InChI is InChI=1S/C10H14O/c1-3-9-7-5-4-6-8-10(9)11-2/h3,6,8H,1,4-5,7H2,2H3. The summed E-state index contributed by atoms with van der Waals surface area (Å²) in [5, 5.41) is 0. The third kappa shape index (κ3) is 1.97. The third-order valence-electron chi connectivity index (χ3n) is 1.87. The Morgan fingerprint density at radius 2 is 2.45 bits per heavy atom. The normalized spacial score (nSPS) is 17.9. The Kier molecular flexibility index (Phi) is 2.96. The summed E-state index contributed by atoms with van der Waals surface area (Å²) in [5.41, 5.74) is 1.22. The fraction of sp³-hybridized carbons (Fsp3) is 0.400. The van der Waals surface area contributed by atoms with E-state index >= 15 is 0 Å². The van der Waals surface area contributed by atoms with E-state index in [1.54, 1.807) is 7.11 Å². The second-order valence-corrected chi connectivity index (χ2v) is 2.59. The van der Waals surface area contributed by atoms with Gasteiger partial charge in [-0.25, -0.2) is 0 Å². The van der Waals surface area contributed by atoms with Gasteiger partial charge in [-0.3, -0.25) is 0 Å². The lowest BCUT2D eigenvalue weighted by Crippen LogP contribution is -1.87. The van der Waals surface area contributed by atoms with E-state index in [9.17, 15) is 0 Å². The molecule has 11 heavy (non-hydrogen) atoms. The molecule has 0 aliphatic heterocycles. The van der Waals surface area contributed by atoms with Crippen LogP contribution in [-0.4, -0.2) is 7.11 Å². The van der Waals surface area contributed by atoms with Crippen LogP contribution in [0, 0.1) is 0 Å². The molecule has 0 unspecified atom stereocenters. The minimum atomic E-state index is 0.970. The van der Waals surface area contributed by atoms with Crippen molar-refractivity contribution < 1.29 is 4.74 Å². The molecule has 0 bridgehead atoms. The van der Waals surface area contributed by atoms with Gasteiger partial charge in [-0.05, 0) is 30.9 Å².